The van der Waals surface area contributed by atoms with E-state index < -0.39 is 5.91 Å². The first-order chi connectivity index (χ1) is 10.3. The van der Waals surface area contributed by atoms with Crippen molar-refractivity contribution in [2.75, 3.05) is 7.05 Å². The third-order valence-electron chi connectivity index (χ3n) is 3.34. The maximum absolute atomic E-state index is 10.8. The van der Waals surface area contributed by atoms with Crippen molar-refractivity contribution in [3.63, 3.8) is 0 Å². The smallest absolute Gasteiger partial charge is 0.244 e. The Morgan fingerprint density at radius 2 is 2.14 bits per heavy atom. The molecule has 0 saturated heterocycles. The number of thioether (sulfide) groups is 1. The summed E-state index contributed by atoms with van der Waals surface area (Å²) in [5.41, 5.74) is 6.59. The number of carbonyl (C=O) groups is 2. The fourth-order valence-electron chi connectivity index (χ4n) is 1.93. The summed E-state index contributed by atoms with van der Waals surface area (Å²) >= 11 is 1.63. The van der Waals surface area contributed by atoms with Gasteiger partial charge in [0.15, 0.2) is 0 Å². The van der Waals surface area contributed by atoms with Crippen molar-refractivity contribution in [2.24, 2.45) is 17.6 Å². The van der Waals surface area contributed by atoms with Gasteiger partial charge >= 0.3 is 0 Å². The maximum Gasteiger partial charge on any atom is 0.244 e. The third kappa shape index (κ3) is 9.66. The molecule has 0 aromatic heterocycles. The highest BCUT2D eigenvalue weighted by atomic mass is 32.2. The van der Waals surface area contributed by atoms with Gasteiger partial charge in [-0.3, -0.25) is 4.79 Å². The SMILES string of the molecule is CC(C)CC=O.CN/C(=C\C(N)=O)SC1=C(C)CCC(C)C1. The van der Waals surface area contributed by atoms with E-state index in [9.17, 15) is 9.59 Å². The van der Waals surface area contributed by atoms with Gasteiger partial charge < -0.3 is 15.8 Å². The van der Waals surface area contributed by atoms with Gasteiger partial charge in [0.25, 0.3) is 0 Å². The highest BCUT2D eigenvalue weighted by Crippen LogP contribution is 2.38. The molecular formula is C17H30N2O2S. The van der Waals surface area contributed by atoms with Crippen molar-refractivity contribution in [2.45, 2.75) is 53.4 Å². The highest BCUT2D eigenvalue weighted by molar-refractivity contribution is 8.06. The summed E-state index contributed by atoms with van der Waals surface area (Å²) in [4.78, 5) is 21.8. The number of allylic oxidation sites excluding steroid dienone is 2. The predicted octanol–water partition coefficient (Wildman–Crippen LogP) is 3.59. The topological polar surface area (TPSA) is 72.2 Å². The predicted molar refractivity (Wildman–Crippen MR) is 95.2 cm³/mol. The minimum atomic E-state index is -0.404. The van der Waals surface area contributed by atoms with Gasteiger partial charge in [0.05, 0.1) is 5.03 Å². The number of carbonyl (C=O) groups excluding carboxylic acids is 2. The minimum absolute atomic E-state index is 0.404. The van der Waals surface area contributed by atoms with E-state index in [4.69, 9.17) is 5.73 Å². The molecule has 1 aliphatic rings. The fourth-order valence-corrected chi connectivity index (χ4v) is 3.12. The van der Waals surface area contributed by atoms with E-state index in [1.54, 1.807) is 11.8 Å². The van der Waals surface area contributed by atoms with Crippen LogP contribution in [0.3, 0.4) is 0 Å². The van der Waals surface area contributed by atoms with Crippen LogP contribution in [0.15, 0.2) is 21.6 Å². The van der Waals surface area contributed by atoms with Crippen molar-refractivity contribution in [1.82, 2.24) is 5.32 Å². The summed E-state index contributed by atoms with van der Waals surface area (Å²) in [6, 6.07) is 0. The minimum Gasteiger partial charge on any atom is -0.383 e. The molecule has 0 bridgehead atoms. The zero-order chi connectivity index (χ0) is 17.1. The molecule has 1 rings (SSSR count). The molecule has 0 heterocycles. The highest BCUT2D eigenvalue weighted by Gasteiger charge is 2.16. The van der Waals surface area contributed by atoms with Crippen LogP contribution in [0.1, 0.15) is 53.4 Å². The quantitative estimate of drug-likeness (QED) is 0.578. The van der Waals surface area contributed by atoms with Crippen LogP contribution in [0.5, 0.6) is 0 Å². The molecule has 5 heteroatoms. The Morgan fingerprint density at radius 3 is 2.55 bits per heavy atom. The van der Waals surface area contributed by atoms with Gasteiger partial charge in [0.1, 0.15) is 6.29 Å². The maximum atomic E-state index is 10.8. The molecule has 1 unspecified atom stereocenters. The third-order valence-corrected chi connectivity index (χ3v) is 4.65. The molecule has 1 atom stereocenters. The first-order valence-corrected chi connectivity index (χ1v) is 8.60. The lowest BCUT2D eigenvalue weighted by atomic mass is 9.92. The Balaban J connectivity index is 0.000000626. The summed E-state index contributed by atoms with van der Waals surface area (Å²) in [7, 11) is 1.81. The molecule has 0 aliphatic heterocycles. The van der Waals surface area contributed by atoms with E-state index in [1.165, 1.54) is 23.0 Å². The fraction of sp³-hybridized carbons (Fsp3) is 0.647. The lowest BCUT2D eigenvalue weighted by Crippen LogP contribution is -2.13. The van der Waals surface area contributed by atoms with E-state index in [1.807, 2.05) is 20.9 Å². The van der Waals surface area contributed by atoms with Crippen LogP contribution < -0.4 is 11.1 Å². The summed E-state index contributed by atoms with van der Waals surface area (Å²) in [6.45, 7) is 8.48. The normalized spacial score (nSPS) is 18.6. The number of primary amides is 1. The number of nitrogens with two attached hydrogens (primary N) is 1. The first kappa shape index (κ1) is 20.8. The number of nitrogens with one attached hydrogen (secondary N) is 1. The molecule has 1 amide bonds. The zero-order valence-electron chi connectivity index (χ0n) is 14.4. The van der Waals surface area contributed by atoms with E-state index >= 15 is 0 Å². The number of aldehydes is 1. The Kier molecular flexibility index (Phi) is 10.7. The average Bonchev–Trinajstić information content (AvgIpc) is 2.42. The van der Waals surface area contributed by atoms with Crippen LogP contribution in [-0.4, -0.2) is 19.2 Å². The summed E-state index contributed by atoms with van der Waals surface area (Å²) in [6.07, 6.45) is 6.63. The van der Waals surface area contributed by atoms with Gasteiger partial charge in [0.2, 0.25) is 5.91 Å². The molecule has 0 fully saturated rings. The Morgan fingerprint density at radius 1 is 1.50 bits per heavy atom. The zero-order valence-corrected chi connectivity index (χ0v) is 15.3. The van der Waals surface area contributed by atoms with Gasteiger partial charge in [-0.1, -0.05) is 38.1 Å². The average molecular weight is 327 g/mol. The van der Waals surface area contributed by atoms with Crippen LogP contribution in [0.25, 0.3) is 0 Å². The lowest BCUT2D eigenvalue weighted by Gasteiger charge is -2.23. The summed E-state index contributed by atoms with van der Waals surface area (Å²) in [5, 5.41) is 3.83. The molecule has 1 aliphatic carbocycles. The van der Waals surface area contributed by atoms with E-state index in [0.717, 1.165) is 30.1 Å². The van der Waals surface area contributed by atoms with Gasteiger partial charge in [-0.2, -0.15) is 0 Å². The van der Waals surface area contributed by atoms with Crippen LogP contribution >= 0.6 is 11.8 Å². The second-order valence-corrected chi connectivity index (χ2v) is 7.25. The lowest BCUT2D eigenvalue weighted by molar-refractivity contribution is -0.113. The molecule has 0 radical (unpaired) electrons. The van der Waals surface area contributed by atoms with E-state index in [2.05, 4.69) is 19.2 Å². The second-order valence-electron chi connectivity index (χ2n) is 6.11. The standard InChI is InChI=1S/C12H20N2OS.C5H10O/c1-8-4-5-9(2)10(6-8)16-12(14-3)7-11(13)15;1-5(2)3-4-6/h7-8,14H,4-6H2,1-3H3,(H2,13,15);4-5H,3H2,1-2H3/b12-7+;. The molecule has 22 heavy (non-hydrogen) atoms. The second kappa shape index (κ2) is 11.4. The summed E-state index contributed by atoms with van der Waals surface area (Å²) in [5.74, 6) is 0.861. The number of hydrogen-bond donors (Lipinski definition) is 2. The van der Waals surface area contributed by atoms with Gasteiger partial charge in [-0.25, -0.2) is 0 Å². The summed E-state index contributed by atoms with van der Waals surface area (Å²) < 4.78 is 0. The van der Waals surface area contributed by atoms with Crippen molar-refractivity contribution in [3.8, 4) is 0 Å². The number of amides is 1. The van der Waals surface area contributed by atoms with Crippen molar-refractivity contribution >= 4 is 24.0 Å². The van der Waals surface area contributed by atoms with E-state index in [-0.39, 0.29) is 0 Å². The molecule has 126 valence electrons. The largest absolute Gasteiger partial charge is 0.383 e. The molecule has 0 spiro atoms. The molecule has 3 N–H and O–H groups in total. The van der Waals surface area contributed by atoms with Crippen LogP contribution in [-0.2, 0) is 9.59 Å². The van der Waals surface area contributed by atoms with Crippen molar-refractivity contribution in [1.29, 1.82) is 0 Å². The number of rotatable bonds is 6. The Hall–Kier alpha value is -1.23. The van der Waals surface area contributed by atoms with Gasteiger partial charge in [-0.05, 0) is 42.9 Å². The Bertz CT molecular complexity index is 428. The Labute approximate surface area is 139 Å². The van der Waals surface area contributed by atoms with Crippen LogP contribution in [0, 0.1) is 11.8 Å². The van der Waals surface area contributed by atoms with Crippen LogP contribution in [0.4, 0.5) is 0 Å². The molecule has 4 nitrogen and oxygen atoms in total. The number of hydrogen-bond acceptors (Lipinski definition) is 4. The molecular weight excluding hydrogens is 296 g/mol. The van der Waals surface area contributed by atoms with Crippen molar-refractivity contribution in [3.05, 3.63) is 21.6 Å². The monoisotopic (exact) mass is 326 g/mol. The molecule has 0 saturated carbocycles. The molecule has 0 aromatic carbocycles. The van der Waals surface area contributed by atoms with Gasteiger partial charge in [-0.15, -0.1) is 0 Å². The van der Waals surface area contributed by atoms with Crippen molar-refractivity contribution < 1.29 is 9.59 Å². The first-order valence-electron chi connectivity index (χ1n) is 7.79. The van der Waals surface area contributed by atoms with Gasteiger partial charge in [0, 0.05) is 19.5 Å². The van der Waals surface area contributed by atoms with Crippen LogP contribution in [0.2, 0.25) is 0 Å². The van der Waals surface area contributed by atoms with E-state index in [0.29, 0.717) is 12.3 Å². The molecule has 0 aromatic rings.